The van der Waals surface area contributed by atoms with Crippen LogP contribution < -0.4 is 10.6 Å². The molecule has 0 aromatic heterocycles. The Kier molecular flexibility index (Phi) is 7.33. The summed E-state index contributed by atoms with van der Waals surface area (Å²) in [6.07, 6.45) is 3.39. The van der Waals surface area contributed by atoms with Crippen molar-refractivity contribution < 1.29 is 19.1 Å². The summed E-state index contributed by atoms with van der Waals surface area (Å²) in [6, 6.07) is 6.92. The Morgan fingerprint density at radius 2 is 1.82 bits per heavy atom. The third-order valence-corrected chi connectivity index (χ3v) is 6.54. The molecular formula is C20H27N3O4S. The molecule has 0 saturated carbocycles. The minimum atomic E-state index is -0.703. The van der Waals surface area contributed by atoms with Gasteiger partial charge in [-0.3, -0.25) is 14.5 Å². The third-order valence-electron chi connectivity index (χ3n) is 5.39. The summed E-state index contributed by atoms with van der Waals surface area (Å²) in [5, 5.41) is 5.29. The molecule has 0 radical (unpaired) electrons. The number of anilines is 1. The number of esters is 1. The summed E-state index contributed by atoms with van der Waals surface area (Å²) in [6.45, 7) is 2.68. The van der Waals surface area contributed by atoms with Gasteiger partial charge in [0.2, 0.25) is 0 Å². The SMILES string of the molecule is COC(=O)c1ccc(NC(=O)C(=O)NCC2CCN(C3CCSC3)CC2)cc1. The largest absolute Gasteiger partial charge is 0.465 e. The monoisotopic (exact) mass is 405 g/mol. The molecule has 2 amide bonds. The van der Waals surface area contributed by atoms with E-state index in [2.05, 4.69) is 20.3 Å². The topological polar surface area (TPSA) is 87.7 Å². The Hall–Kier alpha value is -2.06. The molecule has 7 nitrogen and oxygen atoms in total. The first-order valence-electron chi connectivity index (χ1n) is 9.66. The number of likely N-dealkylation sites (tertiary alicyclic amines) is 1. The third kappa shape index (κ3) is 5.48. The minimum absolute atomic E-state index is 0.382. The van der Waals surface area contributed by atoms with E-state index in [4.69, 9.17) is 0 Å². The second kappa shape index (κ2) is 9.93. The predicted molar refractivity (Wildman–Crippen MR) is 109 cm³/mol. The van der Waals surface area contributed by atoms with Crippen LogP contribution in [0, 0.1) is 5.92 Å². The number of methoxy groups -OCH3 is 1. The molecule has 1 aromatic carbocycles. The summed E-state index contributed by atoms with van der Waals surface area (Å²) in [5.41, 5.74) is 0.836. The molecule has 1 atom stereocenters. The van der Waals surface area contributed by atoms with Crippen LogP contribution in [0.25, 0.3) is 0 Å². The zero-order valence-electron chi connectivity index (χ0n) is 16.1. The van der Waals surface area contributed by atoms with E-state index in [-0.39, 0.29) is 0 Å². The smallest absolute Gasteiger partial charge is 0.337 e. The van der Waals surface area contributed by atoms with E-state index in [1.807, 2.05) is 11.8 Å². The molecule has 3 rings (SSSR count). The second-order valence-corrected chi connectivity index (χ2v) is 8.38. The summed E-state index contributed by atoms with van der Waals surface area (Å²) in [7, 11) is 1.31. The number of nitrogens with zero attached hydrogens (tertiary/aromatic N) is 1. The molecular weight excluding hydrogens is 378 g/mol. The molecule has 0 aliphatic carbocycles. The molecule has 2 N–H and O–H groups in total. The molecule has 2 aliphatic rings. The van der Waals surface area contributed by atoms with Gasteiger partial charge in [-0.05, 0) is 68.3 Å². The first-order chi connectivity index (χ1) is 13.6. The molecule has 0 spiro atoms. The maximum absolute atomic E-state index is 12.1. The number of benzene rings is 1. The van der Waals surface area contributed by atoms with E-state index in [1.165, 1.54) is 37.2 Å². The lowest BCUT2D eigenvalue weighted by molar-refractivity contribution is -0.136. The number of rotatable bonds is 5. The zero-order chi connectivity index (χ0) is 19.9. The highest BCUT2D eigenvalue weighted by Gasteiger charge is 2.27. The van der Waals surface area contributed by atoms with Gasteiger partial charge < -0.3 is 15.4 Å². The molecule has 0 bridgehead atoms. The van der Waals surface area contributed by atoms with Crippen molar-refractivity contribution >= 4 is 35.2 Å². The van der Waals surface area contributed by atoms with Gasteiger partial charge in [0.15, 0.2) is 0 Å². The summed E-state index contributed by atoms with van der Waals surface area (Å²) >= 11 is 2.03. The standard InChI is InChI=1S/C20H27N3O4S/c1-27-20(26)15-2-4-16(5-3-15)22-19(25)18(24)21-12-14-6-9-23(10-7-14)17-8-11-28-13-17/h2-5,14,17H,6-13H2,1H3,(H,21,24)(H,22,25). The van der Waals surface area contributed by atoms with Crippen LogP contribution in [0.1, 0.15) is 29.6 Å². The Morgan fingerprint density at radius 1 is 1.11 bits per heavy atom. The van der Waals surface area contributed by atoms with Gasteiger partial charge in [0, 0.05) is 24.0 Å². The van der Waals surface area contributed by atoms with Crippen LogP contribution in [0.4, 0.5) is 5.69 Å². The minimum Gasteiger partial charge on any atom is -0.465 e. The molecule has 28 heavy (non-hydrogen) atoms. The average molecular weight is 406 g/mol. The number of carbonyl (C=O) groups is 3. The highest BCUT2D eigenvalue weighted by molar-refractivity contribution is 7.99. The first-order valence-corrected chi connectivity index (χ1v) is 10.8. The van der Waals surface area contributed by atoms with E-state index in [0.717, 1.165) is 32.0 Å². The number of carbonyl (C=O) groups excluding carboxylic acids is 3. The van der Waals surface area contributed by atoms with Gasteiger partial charge in [-0.1, -0.05) is 0 Å². The lowest BCUT2D eigenvalue weighted by Crippen LogP contribution is -2.45. The van der Waals surface area contributed by atoms with Crippen LogP contribution in [0.3, 0.4) is 0 Å². The van der Waals surface area contributed by atoms with Gasteiger partial charge in [0.25, 0.3) is 0 Å². The van der Waals surface area contributed by atoms with Gasteiger partial charge in [-0.15, -0.1) is 0 Å². The lowest BCUT2D eigenvalue weighted by atomic mass is 9.95. The van der Waals surface area contributed by atoms with Crippen molar-refractivity contribution in [1.29, 1.82) is 0 Å². The lowest BCUT2D eigenvalue weighted by Gasteiger charge is -2.35. The van der Waals surface area contributed by atoms with Gasteiger partial charge in [0.05, 0.1) is 12.7 Å². The summed E-state index contributed by atoms with van der Waals surface area (Å²) < 4.78 is 4.63. The van der Waals surface area contributed by atoms with Crippen molar-refractivity contribution in [3.8, 4) is 0 Å². The number of nitrogens with one attached hydrogen (secondary N) is 2. The van der Waals surface area contributed by atoms with Gasteiger partial charge in [0.1, 0.15) is 0 Å². The fourth-order valence-electron chi connectivity index (χ4n) is 3.64. The second-order valence-electron chi connectivity index (χ2n) is 7.23. The van der Waals surface area contributed by atoms with Crippen molar-refractivity contribution in [1.82, 2.24) is 10.2 Å². The fourth-order valence-corrected chi connectivity index (χ4v) is 4.90. The number of amides is 2. The molecule has 8 heteroatoms. The number of thioether (sulfide) groups is 1. The van der Waals surface area contributed by atoms with Gasteiger partial charge >= 0.3 is 17.8 Å². The van der Waals surface area contributed by atoms with Crippen LogP contribution in [-0.4, -0.2) is 67.0 Å². The van der Waals surface area contributed by atoms with Crippen molar-refractivity contribution in [3.05, 3.63) is 29.8 Å². The maximum atomic E-state index is 12.1. The fraction of sp³-hybridized carbons (Fsp3) is 0.550. The molecule has 1 unspecified atom stereocenters. The summed E-state index contributed by atoms with van der Waals surface area (Å²) in [4.78, 5) is 38.1. The highest BCUT2D eigenvalue weighted by atomic mass is 32.2. The van der Waals surface area contributed by atoms with E-state index in [9.17, 15) is 14.4 Å². The van der Waals surface area contributed by atoms with E-state index < -0.39 is 17.8 Å². The van der Waals surface area contributed by atoms with Crippen molar-refractivity contribution in [3.63, 3.8) is 0 Å². The molecule has 152 valence electrons. The first kappa shape index (κ1) is 20.7. The Labute approximate surface area is 169 Å². The van der Waals surface area contributed by atoms with Gasteiger partial charge in [-0.25, -0.2) is 4.79 Å². The number of hydrogen-bond donors (Lipinski definition) is 2. The van der Waals surface area contributed by atoms with Crippen molar-refractivity contribution in [2.24, 2.45) is 5.92 Å². The predicted octanol–water partition coefficient (Wildman–Crippen LogP) is 1.75. The maximum Gasteiger partial charge on any atom is 0.337 e. The Balaban J connectivity index is 1.38. The van der Waals surface area contributed by atoms with Crippen LogP contribution in [0.15, 0.2) is 24.3 Å². The Bertz CT molecular complexity index is 696. The summed E-state index contributed by atoms with van der Waals surface area (Å²) in [5.74, 6) is 1.14. The van der Waals surface area contributed by atoms with Crippen molar-refractivity contribution in [2.45, 2.75) is 25.3 Å². The Morgan fingerprint density at radius 3 is 2.43 bits per heavy atom. The molecule has 2 fully saturated rings. The van der Waals surface area contributed by atoms with Gasteiger partial charge in [-0.2, -0.15) is 11.8 Å². The van der Waals surface area contributed by atoms with Crippen LogP contribution in [0.2, 0.25) is 0 Å². The molecule has 1 aromatic rings. The van der Waals surface area contributed by atoms with E-state index in [0.29, 0.717) is 23.7 Å². The van der Waals surface area contributed by atoms with E-state index >= 15 is 0 Å². The average Bonchev–Trinajstić information content (AvgIpc) is 3.27. The molecule has 2 saturated heterocycles. The molecule has 2 heterocycles. The van der Waals surface area contributed by atoms with Crippen LogP contribution in [-0.2, 0) is 14.3 Å². The molecule has 2 aliphatic heterocycles. The van der Waals surface area contributed by atoms with Crippen molar-refractivity contribution in [2.75, 3.05) is 43.6 Å². The number of piperidine rings is 1. The van der Waals surface area contributed by atoms with Crippen LogP contribution >= 0.6 is 11.8 Å². The number of ether oxygens (including phenoxy) is 1. The highest BCUT2D eigenvalue weighted by Crippen LogP contribution is 2.26. The zero-order valence-corrected chi connectivity index (χ0v) is 16.9. The number of hydrogen-bond acceptors (Lipinski definition) is 6. The normalized spacial score (nSPS) is 20.5. The van der Waals surface area contributed by atoms with Crippen LogP contribution in [0.5, 0.6) is 0 Å². The van der Waals surface area contributed by atoms with E-state index in [1.54, 1.807) is 12.1 Å². The quantitative estimate of drug-likeness (QED) is 0.573.